The van der Waals surface area contributed by atoms with E-state index in [4.69, 9.17) is 14.2 Å². The van der Waals surface area contributed by atoms with Crippen LogP contribution >= 0.6 is 0 Å². The molecule has 1 aliphatic carbocycles. The summed E-state index contributed by atoms with van der Waals surface area (Å²) in [5.74, 6) is -2.88. The Kier molecular flexibility index (Phi) is 6.57. The highest BCUT2D eigenvalue weighted by molar-refractivity contribution is 5.93. The lowest BCUT2D eigenvalue weighted by atomic mass is 9.92. The van der Waals surface area contributed by atoms with E-state index in [1.54, 1.807) is 36.4 Å². The third-order valence-corrected chi connectivity index (χ3v) is 6.40. The number of hydrogen-bond donors (Lipinski definition) is 3. The molecule has 0 saturated carbocycles. The van der Waals surface area contributed by atoms with Gasteiger partial charge in [-0.25, -0.2) is 14.4 Å². The Morgan fingerprint density at radius 3 is 0.917 bits per heavy atom. The predicted molar refractivity (Wildman–Crippen MR) is 128 cm³/mol. The maximum Gasteiger partial charge on any atom is 0.339 e. The number of ether oxygens (including phenoxy) is 3. The standard InChI is InChI=1S/C27H24O9/c1-34-22-10-16-4-14-8-20(26(30)31)24(36-3)12-18(14)6-15-9-21(27(32)33)23(35-2)11-17(15)5-13(16)7-19(22)25(28)29/h7-12H,4-6H2,1-3H3,(H,28,29)(H,30,31)(H,32,33). The van der Waals surface area contributed by atoms with E-state index in [-0.39, 0.29) is 33.9 Å². The van der Waals surface area contributed by atoms with Crippen molar-refractivity contribution in [3.63, 3.8) is 0 Å². The minimum Gasteiger partial charge on any atom is -0.496 e. The molecular formula is C27H24O9. The van der Waals surface area contributed by atoms with Crippen LogP contribution in [0.15, 0.2) is 36.4 Å². The van der Waals surface area contributed by atoms with Crippen molar-refractivity contribution in [3.05, 3.63) is 86.5 Å². The first-order chi connectivity index (χ1) is 17.2. The van der Waals surface area contributed by atoms with Gasteiger partial charge in [-0.2, -0.15) is 0 Å². The van der Waals surface area contributed by atoms with Crippen molar-refractivity contribution in [1.82, 2.24) is 0 Å². The van der Waals surface area contributed by atoms with Gasteiger partial charge in [0, 0.05) is 0 Å². The predicted octanol–water partition coefficient (Wildman–Crippen LogP) is 3.89. The molecule has 0 bridgehead atoms. The molecule has 0 heterocycles. The average Bonchev–Trinajstić information content (AvgIpc) is 2.90. The fraction of sp³-hybridized carbons (Fsp3) is 0.222. The van der Waals surface area contributed by atoms with Crippen molar-refractivity contribution in [1.29, 1.82) is 0 Å². The molecule has 9 heteroatoms. The van der Waals surface area contributed by atoms with Crippen LogP contribution in [-0.2, 0) is 19.3 Å². The van der Waals surface area contributed by atoms with Gasteiger partial charge in [0.1, 0.15) is 33.9 Å². The summed E-state index contributed by atoms with van der Waals surface area (Å²) in [7, 11) is 4.16. The molecule has 0 aromatic heterocycles. The van der Waals surface area contributed by atoms with Crippen LogP contribution in [0.1, 0.15) is 64.5 Å². The van der Waals surface area contributed by atoms with Gasteiger partial charge >= 0.3 is 17.9 Å². The lowest BCUT2D eigenvalue weighted by Crippen LogP contribution is -2.07. The number of fused-ring (bicyclic) bond motifs is 3. The minimum atomic E-state index is -1.15. The fourth-order valence-corrected chi connectivity index (χ4v) is 4.61. The first kappa shape index (κ1) is 24.6. The summed E-state index contributed by atoms with van der Waals surface area (Å²) in [5.41, 5.74) is 4.34. The smallest absolute Gasteiger partial charge is 0.339 e. The monoisotopic (exact) mass is 492 g/mol. The van der Waals surface area contributed by atoms with Crippen LogP contribution in [0.25, 0.3) is 0 Å². The van der Waals surface area contributed by atoms with Gasteiger partial charge in [0.25, 0.3) is 0 Å². The summed E-state index contributed by atoms with van der Waals surface area (Å²) < 4.78 is 16.0. The van der Waals surface area contributed by atoms with Gasteiger partial charge in [0.15, 0.2) is 0 Å². The molecule has 9 nitrogen and oxygen atoms in total. The van der Waals surface area contributed by atoms with E-state index >= 15 is 0 Å². The van der Waals surface area contributed by atoms with Crippen molar-refractivity contribution in [2.75, 3.05) is 21.3 Å². The van der Waals surface area contributed by atoms with Crippen molar-refractivity contribution in [3.8, 4) is 17.2 Å². The Balaban J connectivity index is 2.05. The third-order valence-electron chi connectivity index (χ3n) is 6.40. The van der Waals surface area contributed by atoms with E-state index in [1.807, 2.05) is 0 Å². The second kappa shape index (κ2) is 9.61. The number of carboxylic acid groups (broad SMARTS) is 3. The number of rotatable bonds is 6. The zero-order valence-corrected chi connectivity index (χ0v) is 19.9. The van der Waals surface area contributed by atoms with Gasteiger partial charge in [-0.05, 0) is 89.0 Å². The van der Waals surface area contributed by atoms with Crippen LogP contribution < -0.4 is 14.2 Å². The van der Waals surface area contributed by atoms with E-state index in [0.29, 0.717) is 36.0 Å². The molecule has 0 atom stereocenters. The normalized spacial score (nSPS) is 12.1. The lowest BCUT2D eigenvalue weighted by molar-refractivity contribution is 0.0682. The summed E-state index contributed by atoms with van der Waals surface area (Å²) in [4.78, 5) is 35.7. The molecule has 0 radical (unpaired) electrons. The van der Waals surface area contributed by atoms with Crippen molar-refractivity contribution in [2.24, 2.45) is 0 Å². The van der Waals surface area contributed by atoms with E-state index in [1.165, 1.54) is 21.3 Å². The van der Waals surface area contributed by atoms with Gasteiger partial charge in [0.05, 0.1) is 21.3 Å². The number of aromatic carboxylic acids is 3. The van der Waals surface area contributed by atoms with Crippen molar-refractivity contribution in [2.45, 2.75) is 19.3 Å². The van der Waals surface area contributed by atoms with E-state index in [9.17, 15) is 29.7 Å². The number of methoxy groups -OCH3 is 3. The lowest BCUT2D eigenvalue weighted by Gasteiger charge is -2.16. The molecule has 0 aliphatic heterocycles. The zero-order chi connectivity index (χ0) is 26.1. The summed E-state index contributed by atoms with van der Waals surface area (Å²) in [6.45, 7) is 0. The maximum absolute atomic E-state index is 11.9. The highest BCUT2D eigenvalue weighted by atomic mass is 16.5. The SMILES string of the molecule is COc1cc2c(cc1C(=O)O)Cc1cc(OC)c(C(=O)O)cc1Cc1cc(OC)c(C(=O)O)cc1C2. The topological polar surface area (TPSA) is 140 Å². The van der Waals surface area contributed by atoms with Gasteiger partial charge < -0.3 is 29.5 Å². The largest absolute Gasteiger partial charge is 0.496 e. The highest BCUT2D eigenvalue weighted by Crippen LogP contribution is 2.36. The summed E-state index contributed by atoms with van der Waals surface area (Å²) >= 11 is 0. The summed E-state index contributed by atoms with van der Waals surface area (Å²) in [6.07, 6.45) is 0.923. The zero-order valence-electron chi connectivity index (χ0n) is 19.9. The number of carbonyl (C=O) groups is 3. The van der Waals surface area contributed by atoms with E-state index in [2.05, 4.69) is 0 Å². The first-order valence-electron chi connectivity index (χ1n) is 11.0. The molecule has 0 fully saturated rings. The number of carboxylic acids is 3. The molecule has 0 unspecified atom stereocenters. The average molecular weight is 492 g/mol. The number of hydrogen-bond acceptors (Lipinski definition) is 6. The quantitative estimate of drug-likeness (QED) is 0.366. The van der Waals surface area contributed by atoms with Gasteiger partial charge in [0.2, 0.25) is 0 Å². The summed E-state index contributed by atoms with van der Waals surface area (Å²) in [5, 5.41) is 29.2. The molecule has 36 heavy (non-hydrogen) atoms. The summed E-state index contributed by atoms with van der Waals surface area (Å²) in [6, 6.07) is 9.60. The Morgan fingerprint density at radius 1 is 0.500 bits per heavy atom. The molecule has 3 aromatic carbocycles. The van der Waals surface area contributed by atoms with Crippen LogP contribution in [0.5, 0.6) is 17.2 Å². The van der Waals surface area contributed by atoms with Crippen LogP contribution in [0.3, 0.4) is 0 Å². The molecule has 186 valence electrons. The van der Waals surface area contributed by atoms with Gasteiger partial charge in [-0.15, -0.1) is 0 Å². The Morgan fingerprint density at radius 2 is 0.722 bits per heavy atom. The van der Waals surface area contributed by atoms with E-state index < -0.39 is 17.9 Å². The maximum atomic E-state index is 11.9. The van der Waals surface area contributed by atoms with Crippen LogP contribution in [0.4, 0.5) is 0 Å². The fourth-order valence-electron chi connectivity index (χ4n) is 4.61. The molecule has 0 saturated heterocycles. The molecule has 4 rings (SSSR count). The first-order valence-corrected chi connectivity index (χ1v) is 11.0. The molecule has 3 N–H and O–H groups in total. The van der Waals surface area contributed by atoms with Crippen LogP contribution in [0, 0.1) is 0 Å². The number of benzene rings is 3. The molecular weight excluding hydrogens is 468 g/mol. The highest BCUT2D eigenvalue weighted by Gasteiger charge is 2.24. The van der Waals surface area contributed by atoms with Gasteiger partial charge in [-0.1, -0.05) is 0 Å². The third kappa shape index (κ3) is 4.43. The van der Waals surface area contributed by atoms with Crippen LogP contribution in [-0.4, -0.2) is 54.6 Å². The van der Waals surface area contributed by atoms with Crippen molar-refractivity contribution < 1.29 is 43.9 Å². The second-order valence-electron chi connectivity index (χ2n) is 8.41. The Labute approximate surface area is 206 Å². The Bertz CT molecular complexity index is 1240. The van der Waals surface area contributed by atoms with E-state index in [0.717, 1.165) is 16.7 Å². The molecule has 3 aromatic rings. The molecule has 0 spiro atoms. The molecule has 1 aliphatic rings. The van der Waals surface area contributed by atoms with Crippen LogP contribution in [0.2, 0.25) is 0 Å². The molecule has 0 amide bonds. The Hall–Kier alpha value is -4.53. The second-order valence-corrected chi connectivity index (χ2v) is 8.41. The van der Waals surface area contributed by atoms with Gasteiger partial charge in [-0.3, -0.25) is 0 Å². The van der Waals surface area contributed by atoms with Crippen molar-refractivity contribution >= 4 is 17.9 Å². The minimum absolute atomic E-state index is 0.00709.